The van der Waals surface area contributed by atoms with E-state index >= 15 is 0 Å². The number of carbonyl (C=O) groups excluding carboxylic acids is 1. The number of nitrogens with zero attached hydrogens (tertiary/aromatic N) is 2. The van der Waals surface area contributed by atoms with E-state index in [2.05, 4.69) is 11.0 Å². The number of anilines is 1. The molecule has 1 heterocycles. The van der Waals surface area contributed by atoms with E-state index in [0.717, 1.165) is 34.4 Å². The zero-order valence-corrected chi connectivity index (χ0v) is 25.0. The van der Waals surface area contributed by atoms with Crippen molar-refractivity contribution in [2.45, 2.75) is 64.9 Å². The Morgan fingerprint density at radius 1 is 0.929 bits per heavy atom. The second-order valence-electron chi connectivity index (χ2n) is 11.6. The minimum Gasteiger partial charge on any atom is -0.493 e. The van der Waals surface area contributed by atoms with Crippen molar-refractivity contribution in [1.29, 1.82) is 0 Å². The third-order valence-corrected chi connectivity index (χ3v) is 7.36. The van der Waals surface area contributed by atoms with Crippen molar-refractivity contribution in [3.63, 3.8) is 0 Å². The number of benzene rings is 3. The van der Waals surface area contributed by atoms with Crippen LogP contribution in [-0.2, 0) is 17.5 Å². The first kappa shape index (κ1) is 31.1. The molecule has 1 aliphatic heterocycles. The fourth-order valence-corrected chi connectivity index (χ4v) is 5.33. The quantitative estimate of drug-likeness (QED) is 0.281. The summed E-state index contributed by atoms with van der Waals surface area (Å²) in [4.78, 5) is 16.5. The topological polar surface area (TPSA) is 51.2 Å². The highest BCUT2D eigenvalue weighted by molar-refractivity contribution is 5.70. The Morgan fingerprint density at radius 3 is 2.17 bits per heavy atom. The number of methoxy groups -OCH3 is 2. The normalized spacial score (nSPS) is 14.5. The number of aryl methyl sites for hydroxylation is 1. The van der Waals surface area contributed by atoms with E-state index in [4.69, 9.17) is 14.2 Å². The van der Waals surface area contributed by atoms with Crippen molar-refractivity contribution in [2.24, 2.45) is 0 Å². The molecule has 0 aromatic heterocycles. The van der Waals surface area contributed by atoms with Gasteiger partial charge in [-0.15, -0.1) is 0 Å². The molecular formula is C33H39F3N2O4. The van der Waals surface area contributed by atoms with Crippen LogP contribution in [0.1, 0.15) is 50.3 Å². The highest BCUT2D eigenvalue weighted by Gasteiger charge is 2.32. The smallest absolute Gasteiger partial charge is 0.416 e. The van der Waals surface area contributed by atoms with Gasteiger partial charge in [0.25, 0.3) is 0 Å². The molecule has 9 heteroatoms. The second kappa shape index (κ2) is 12.5. The third-order valence-electron chi connectivity index (χ3n) is 7.36. The highest BCUT2D eigenvalue weighted by atomic mass is 19.4. The molecule has 42 heavy (non-hydrogen) atoms. The van der Waals surface area contributed by atoms with E-state index in [0.29, 0.717) is 49.7 Å². The number of likely N-dealkylation sites (tertiary alicyclic amines) is 1. The van der Waals surface area contributed by atoms with E-state index in [1.807, 2.05) is 58.0 Å². The summed E-state index contributed by atoms with van der Waals surface area (Å²) in [5.41, 5.74) is 3.34. The van der Waals surface area contributed by atoms with Crippen molar-refractivity contribution in [3.05, 3.63) is 77.4 Å². The maximum atomic E-state index is 13.3. The van der Waals surface area contributed by atoms with Crippen LogP contribution < -0.4 is 14.4 Å². The van der Waals surface area contributed by atoms with Crippen LogP contribution in [-0.4, -0.2) is 49.9 Å². The Balaban J connectivity index is 1.61. The number of halogens is 3. The van der Waals surface area contributed by atoms with Crippen LogP contribution in [0.25, 0.3) is 11.1 Å². The fourth-order valence-electron chi connectivity index (χ4n) is 5.33. The van der Waals surface area contributed by atoms with Gasteiger partial charge in [0.1, 0.15) is 5.60 Å². The van der Waals surface area contributed by atoms with Crippen LogP contribution in [0.2, 0.25) is 0 Å². The molecule has 0 saturated carbocycles. The zero-order chi connectivity index (χ0) is 30.7. The minimum atomic E-state index is -4.41. The Hall–Kier alpha value is -3.88. The second-order valence-corrected chi connectivity index (χ2v) is 11.6. The van der Waals surface area contributed by atoms with Gasteiger partial charge < -0.3 is 24.0 Å². The summed E-state index contributed by atoms with van der Waals surface area (Å²) in [7, 11) is 3.21. The average Bonchev–Trinajstić information content (AvgIpc) is 2.94. The average molecular weight is 585 g/mol. The standard InChI is InChI=1S/C33H39F3N2O4/c1-22-18-25(20-29(40-5)30(22)41-6)24-9-7-8-23(19-24)21-38(27-12-10-26(11-13-27)33(34,35)36)28-14-16-37(17-15-28)31(39)42-32(2,3)4/h7-13,18-20,28H,14-17,21H2,1-6H3. The molecular weight excluding hydrogens is 545 g/mol. The van der Waals surface area contributed by atoms with Crippen molar-refractivity contribution < 1.29 is 32.2 Å². The van der Waals surface area contributed by atoms with Gasteiger partial charge in [0.05, 0.1) is 19.8 Å². The SMILES string of the molecule is COc1cc(-c2cccc(CN(c3ccc(C(F)(F)F)cc3)C3CCN(C(=O)OC(C)(C)C)CC3)c2)cc(C)c1OC. The number of alkyl halides is 3. The zero-order valence-electron chi connectivity index (χ0n) is 25.0. The number of ether oxygens (including phenoxy) is 3. The summed E-state index contributed by atoms with van der Waals surface area (Å²) in [5.74, 6) is 1.32. The summed E-state index contributed by atoms with van der Waals surface area (Å²) in [6.45, 7) is 8.96. The summed E-state index contributed by atoms with van der Waals surface area (Å²) in [6.07, 6.45) is -3.43. The fraction of sp³-hybridized carbons (Fsp3) is 0.424. The van der Waals surface area contributed by atoms with Gasteiger partial charge in [-0.25, -0.2) is 4.79 Å². The van der Waals surface area contributed by atoms with Crippen molar-refractivity contribution in [3.8, 4) is 22.6 Å². The first-order chi connectivity index (χ1) is 19.8. The highest BCUT2D eigenvalue weighted by Crippen LogP contribution is 2.37. The van der Waals surface area contributed by atoms with E-state index < -0.39 is 17.3 Å². The van der Waals surface area contributed by atoms with Crippen LogP contribution in [0.4, 0.5) is 23.7 Å². The lowest BCUT2D eigenvalue weighted by molar-refractivity contribution is -0.137. The number of rotatable bonds is 7. The largest absolute Gasteiger partial charge is 0.493 e. The lowest BCUT2D eigenvalue weighted by Gasteiger charge is -2.40. The third kappa shape index (κ3) is 7.49. The van der Waals surface area contributed by atoms with E-state index in [-0.39, 0.29) is 12.1 Å². The predicted octanol–water partition coefficient (Wildman–Crippen LogP) is 8.10. The lowest BCUT2D eigenvalue weighted by atomic mass is 9.98. The molecule has 0 bridgehead atoms. The Labute approximate surface area is 246 Å². The van der Waals surface area contributed by atoms with E-state index in [1.54, 1.807) is 19.1 Å². The predicted molar refractivity (Wildman–Crippen MR) is 158 cm³/mol. The van der Waals surface area contributed by atoms with Gasteiger partial charge >= 0.3 is 12.3 Å². The Morgan fingerprint density at radius 2 is 1.60 bits per heavy atom. The van der Waals surface area contributed by atoms with Crippen LogP contribution in [0.15, 0.2) is 60.7 Å². The van der Waals surface area contributed by atoms with Gasteiger partial charge in [-0.1, -0.05) is 18.2 Å². The molecule has 3 aromatic carbocycles. The van der Waals surface area contributed by atoms with Crippen molar-refractivity contribution in [1.82, 2.24) is 4.90 Å². The number of hydrogen-bond donors (Lipinski definition) is 0. The number of carbonyl (C=O) groups is 1. The summed E-state index contributed by atoms with van der Waals surface area (Å²) < 4.78 is 56.5. The van der Waals surface area contributed by atoms with Crippen molar-refractivity contribution in [2.75, 3.05) is 32.2 Å². The number of piperidine rings is 1. The number of amides is 1. The molecule has 0 N–H and O–H groups in total. The summed E-state index contributed by atoms with van der Waals surface area (Å²) >= 11 is 0. The minimum absolute atomic E-state index is 0.0207. The number of hydrogen-bond acceptors (Lipinski definition) is 5. The van der Waals surface area contributed by atoms with Crippen LogP contribution in [0.5, 0.6) is 11.5 Å². The van der Waals surface area contributed by atoms with Crippen molar-refractivity contribution >= 4 is 11.8 Å². The lowest BCUT2D eigenvalue weighted by Crippen LogP contribution is -2.48. The maximum Gasteiger partial charge on any atom is 0.416 e. The van der Waals surface area contributed by atoms with Gasteiger partial charge in [-0.3, -0.25) is 0 Å². The molecule has 4 rings (SSSR count). The molecule has 226 valence electrons. The van der Waals surface area contributed by atoms with Crippen LogP contribution in [0, 0.1) is 6.92 Å². The molecule has 0 atom stereocenters. The molecule has 0 aliphatic carbocycles. The molecule has 1 aliphatic rings. The van der Waals surface area contributed by atoms with Gasteiger partial charge in [-0.2, -0.15) is 13.2 Å². The molecule has 0 spiro atoms. The molecule has 3 aromatic rings. The van der Waals surface area contributed by atoms with Crippen LogP contribution >= 0.6 is 0 Å². The van der Waals surface area contributed by atoms with Gasteiger partial charge in [-0.05, 0) is 105 Å². The monoisotopic (exact) mass is 584 g/mol. The maximum absolute atomic E-state index is 13.3. The van der Waals surface area contributed by atoms with E-state index in [1.165, 1.54) is 12.1 Å². The van der Waals surface area contributed by atoms with E-state index in [9.17, 15) is 18.0 Å². The van der Waals surface area contributed by atoms with Crippen LogP contribution in [0.3, 0.4) is 0 Å². The summed E-state index contributed by atoms with van der Waals surface area (Å²) in [6, 6.07) is 17.4. The molecule has 0 unspecified atom stereocenters. The molecule has 0 radical (unpaired) electrons. The van der Waals surface area contributed by atoms with Gasteiger partial charge in [0.15, 0.2) is 11.5 Å². The first-order valence-corrected chi connectivity index (χ1v) is 14.0. The molecule has 6 nitrogen and oxygen atoms in total. The Kier molecular flexibility index (Phi) is 9.28. The molecule has 1 amide bonds. The first-order valence-electron chi connectivity index (χ1n) is 14.0. The van der Waals surface area contributed by atoms with Gasteiger partial charge in [0.2, 0.25) is 0 Å². The Bertz CT molecular complexity index is 1380. The molecule has 1 saturated heterocycles. The van der Waals surface area contributed by atoms with Gasteiger partial charge in [0, 0.05) is 31.4 Å². The molecule has 1 fully saturated rings. The summed E-state index contributed by atoms with van der Waals surface area (Å²) in [5, 5.41) is 0.